The number of unbranched alkanes of at least 4 members (excludes halogenated alkanes) is 8. The highest BCUT2D eigenvalue weighted by molar-refractivity contribution is 4.31. The number of hydrogen-bond acceptors (Lipinski definition) is 0. The third kappa shape index (κ3) is 198. The quantitative estimate of drug-likeness (QED) is 0.369. The highest BCUT2D eigenvalue weighted by Gasteiger charge is 1.75. The van der Waals surface area contributed by atoms with Crippen LogP contribution in [-0.4, -0.2) is 0 Å². The summed E-state index contributed by atoms with van der Waals surface area (Å²) in [6.45, 7) is 26.2. The molecule has 0 heteroatoms. The van der Waals surface area contributed by atoms with Crippen molar-refractivity contribution in [3.8, 4) is 0 Å². The minimum atomic E-state index is 1.25. The molecule has 0 saturated carbocycles. The first-order valence-electron chi connectivity index (χ1n) is 12.5. The minimum Gasteiger partial charge on any atom is -0.0656 e. The van der Waals surface area contributed by atoms with Crippen LogP contribution in [0.15, 0.2) is 0 Å². The molecule has 0 rings (SSSR count). The lowest BCUT2D eigenvalue weighted by atomic mass is 10.2. The Balaban J connectivity index is -0.0000000468. The van der Waals surface area contributed by atoms with E-state index in [1.807, 2.05) is 0 Å². The second kappa shape index (κ2) is 73.5. The maximum atomic E-state index is 2.23. The van der Waals surface area contributed by atoms with E-state index in [1.165, 1.54) is 89.9 Å². The van der Waals surface area contributed by atoms with Gasteiger partial charge in [0.25, 0.3) is 0 Å². The standard InChI is InChI=1S/C6H14.C5H12.3C4H10.C3H8/c1-3-5-6-4-2;1-3-5-4-2;3*1-3-4-2;1-3-2/h3-6H2,1-2H3;3-5H2,1-2H3;3*3-4H2,1-2H3;3H2,1-2H3. The predicted molar refractivity (Wildman–Crippen MR) is 133 cm³/mol. The minimum absolute atomic E-state index is 1.25. The summed E-state index contributed by atoms with van der Waals surface area (Å²) in [5.41, 5.74) is 0. The van der Waals surface area contributed by atoms with E-state index in [0.29, 0.717) is 0 Å². The molecule has 0 amide bonds. The molecule has 0 aliphatic heterocycles. The Hall–Kier alpha value is 0. The van der Waals surface area contributed by atoms with Gasteiger partial charge in [0.1, 0.15) is 0 Å². The molecule has 0 heterocycles. The fraction of sp³-hybridized carbons (Fsp3) is 1.00. The third-order valence-electron chi connectivity index (χ3n) is 3.16. The Bertz CT molecular complexity index is 85.1. The molecule has 0 radical (unpaired) electrons. The molecule has 0 bridgehead atoms. The van der Waals surface area contributed by atoms with E-state index < -0.39 is 0 Å². The summed E-state index contributed by atoms with van der Waals surface area (Å²) in [6, 6.07) is 0. The second-order valence-electron chi connectivity index (χ2n) is 6.77. The van der Waals surface area contributed by atoms with Gasteiger partial charge in [0.2, 0.25) is 0 Å². The molecule has 0 unspecified atom stereocenters. The zero-order chi connectivity index (χ0) is 21.9. The lowest BCUT2D eigenvalue weighted by molar-refractivity contribution is 0.702. The van der Waals surface area contributed by atoms with E-state index in [1.54, 1.807) is 0 Å². The Kier molecular flexibility index (Phi) is 115. The Morgan fingerprint density at radius 2 is 0.385 bits per heavy atom. The van der Waals surface area contributed by atoms with Crippen LogP contribution in [0.25, 0.3) is 0 Å². The molecule has 0 nitrogen and oxygen atoms in total. The van der Waals surface area contributed by atoms with Crippen molar-refractivity contribution in [3.63, 3.8) is 0 Å². The van der Waals surface area contributed by atoms with Crippen molar-refractivity contribution in [1.29, 1.82) is 0 Å². The van der Waals surface area contributed by atoms with Crippen LogP contribution in [0.5, 0.6) is 0 Å². The van der Waals surface area contributed by atoms with Gasteiger partial charge in [-0.15, -0.1) is 0 Å². The molecule has 0 aromatic rings. The van der Waals surface area contributed by atoms with Crippen molar-refractivity contribution in [1.82, 2.24) is 0 Å². The van der Waals surface area contributed by atoms with E-state index >= 15 is 0 Å². The van der Waals surface area contributed by atoms with Crippen LogP contribution >= 0.6 is 0 Å². The summed E-state index contributed by atoms with van der Waals surface area (Å²) in [7, 11) is 0. The molecule has 0 N–H and O–H groups in total. The second-order valence-corrected chi connectivity index (χ2v) is 6.77. The fourth-order valence-electron chi connectivity index (χ4n) is 0.854. The molecule has 0 aromatic heterocycles. The zero-order valence-electron chi connectivity index (χ0n) is 21.9. The SMILES string of the molecule is CCC.CCCC.CCCC.CCCC.CCCCC.CCCCCC. The van der Waals surface area contributed by atoms with E-state index in [-0.39, 0.29) is 0 Å². The van der Waals surface area contributed by atoms with Crippen molar-refractivity contribution < 1.29 is 0 Å². The van der Waals surface area contributed by atoms with Gasteiger partial charge in [-0.05, 0) is 0 Å². The molecule has 168 valence electrons. The van der Waals surface area contributed by atoms with Crippen LogP contribution in [0, 0.1) is 0 Å². The largest absolute Gasteiger partial charge is 0.0656 e. The zero-order valence-corrected chi connectivity index (χ0v) is 21.9. The van der Waals surface area contributed by atoms with Crippen molar-refractivity contribution in [2.24, 2.45) is 0 Å². The van der Waals surface area contributed by atoms with Crippen molar-refractivity contribution in [2.75, 3.05) is 0 Å². The molecule has 0 saturated heterocycles. The van der Waals surface area contributed by atoms with Gasteiger partial charge < -0.3 is 0 Å². The van der Waals surface area contributed by atoms with Crippen LogP contribution in [0.3, 0.4) is 0 Å². The fourth-order valence-corrected chi connectivity index (χ4v) is 0.854. The lowest BCUT2D eigenvalue weighted by Crippen LogP contribution is -1.66. The molecule has 0 aromatic carbocycles. The van der Waals surface area contributed by atoms with Gasteiger partial charge in [-0.25, -0.2) is 0 Å². The summed E-state index contributed by atoms with van der Waals surface area (Å²) in [4.78, 5) is 0. The molecule has 0 spiro atoms. The first-order chi connectivity index (χ1) is 12.5. The van der Waals surface area contributed by atoms with Crippen LogP contribution in [0.1, 0.15) is 173 Å². The van der Waals surface area contributed by atoms with Crippen LogP contribution < -0.4 is 0 Å². The Morgan fingerprint density at radius 3 is 0.423 bits per heavy atom. The van der Waals surface area contributed by atoms with Gasteiger partial charge in [0.05, 0.1) is 0 Å². The van der Waals surface area contributed by atoms with E-state index in [4.69, 9.17) is 0 Å². The summed E-state index contributed by atoms with van der Waals surface area (Å²) in [5, 5.41) is 0. The van der Waals surface area contributed by atoms with E-state index in [9.17, 15) is 0 Å². The van der Waals surface area contributed by atoms with Gasteiger partial charge in [0, 0.05) is 0 Å². The first kappa shape index (κ1) is 40.6. The summed E-state index contributed by atoms with van der Waals surface area (Å²) in [5.74, 6) is 0. The third-order valence-corrected chi connectivity index (χ3v) is 3.16. The number of hydrogen-bond donors (Lipinski definition) is 0. The van der Waals surface area contributed by atoms with Gasteiger partial charge in [-0.3, -0.25) is 0 Å². The molecule has 0 aliphatic carbocycles. The Labute approximate surface area is 173 Å². The Morgan fingerprint density at radius 1 is 0.231 bits per heavy atom. The van der Waals surface area contributed by atoms with Crippen molar-refractivity contribution >= 4 is 0 Å². The average Bonchev–Trinajstić information content (AvgIpc) is 2.68. The van der Waals surface area contributed by atoms with Crippen molar-refractivity contribution in [2.45, 2.75) is 173 Å². The van der Waals surface area contributed by atoms with E-state index in [2.05, 4.69) is 83.1 Å². The molecule has 0 fully saturated rings. The average molecular weight is 377 g/mol. The molecular weight excluding hydrogens is 312 g/mol. The molecule has 0 aliphatic rings. The topological polar surface area (TPSA) is 0 Å². The summed E-state index contributed by atoms with van der Waals surface area (Å²) < 4.78 is 0. The molecule has 26 heavy (non-hydrogen) atoms. The normalized spacial score (nSPS) is 7.85. The maximum absolute atomic E-state index is 2.23. The predicted octanol–water partition coefficient (Wildman–Crippen LogP) is 11.6. The smallest absolute Gasteiger partial charge is 0.0536 e. The summed E-state index contributed by atoms with van der Waals surface area (Å²) in [6.07, 6.45) is 18.8. The van der Waals surface area contributed by atoms with Crippen LogP contribution in [0.4, 0.5) is 0 Å². The molecule has 0 atom stereocenters. The van der Waals surface area contributed by atoms with Gasteiger partial charge in [-0.2, -0.15) is 0 Å². The van der Waals surface area contributed by atoms with Crippen LogP contribution in [-0.2, 0) is 0 Å². The highest BCUT2D eigenvalue weighted by Crippen LogP contribution is 1.95. The van der Waals surface area contributed by atoms with Gasteiger partial charge >= 0.3 is 0 Å². The first-order valence-corrected chi connectivity index (χ1v) is 12.5. The van der Waals surface area contributed by atoms with Gasteiger partial charge in [0.15, 0.2) is 0 Å². The van der Waals surface area contributed by atoms with Crippen LogP contribution in [0.2, 0.25) is 0 Å². The van der Waals surface area contributed by atoms with E-state index in [0.717, 1.165) is 0 Å². The number of rotatable bonds is 8. The maximum Gasteiger partial charge on any atom is -0.0536 e. The monoisotopic (exact) mass is 377 g/mol. The van der Waals surface area contributed by atoms with Gasteiger partial charge in [-0.1, -0.05) is 173 Å². The van der Waals surface area contributed by atoms with Crippen molar-refractivity contribution in [3.05, 3.63) is 0 Å². The highest BCUT2D eigenvalue weighted by atomic mass is 13.8. The molecular formula is C26H64. The summed E-state index contributed by atoms with van der Waals surface area (Å²) >= 11 is 0. The lowest BCUT2D eigenvalue weighted by Gasteiger charge is -1.86.